The van der Waals surface area contributed by atoms with E-state index in [1.807, 2.05) is 11.8 Å². The Labute approximate surface area is 156 Å². The van der Waals surface area contributed by atoms with Crippen LogP contribution in [-0.4, -0.2) is 30.5 Å². The van der Waals surface area contributed by atoms with Gasteiger partial charge in [-0.25, -0.2) is 4.39 Å². The van der Waals surface area contributed by atoms with E-state index in [-0.39, 0.29) is 23.5 Å². The van der Waals surface area contributed by atoms with Crippen LogP contribution in [0.15, 0.2) is 48.5 Å². The number of ether oxygens (including phenoxy) is 1. The molecule has 146 valence electrons. The summed E-state index contributed by atoms with van der Waals surface area (Å²) in [6, 6.07) is 11.6. The number of benzene rings is 2. The number of nitrogens with zero attached hydrogens (tertiary/aromatic N) is 1. The predicted octanol–water partition coefficient (Wildman–Crippen LogP) is 4.12. The molecule has 0 radical (unpaired) electrons. The van der Waals surface area contributed by atoms with E-state index in [0.717, 1.165) is 11.1 Å². The van der Waals surface area contributed by atoms with Gasteiger partial charge < -0.3 is 10.1 Å². The highest BCUT2D eigenvalue weighted by Crippen LogP contribution is 2.17. The third-order valence-electron chi connectivity index (χ3n) is 4.35. The van der Waals surface area contributed by atoms with Gasteiger partial charge in [0.15, 0.2) is 0 Å². The summed E-state index contributed by atoms with van der Waals surface area (Å²) in [7, 11) is 1.80. The van der Waals surface area contributed by atoms with Gasteiger partial charge >= 0.3 is 6.61 Å². The van der Waals surface area contributed by atoms with Crippen molar-refractivity contribution in [2.24, 2.45) is 0 Å². The summed E-state index contributed by atoms with van der Waals surface area (Å²) in [4.78, 5) is 14.3. The van der Waals surface area contributed by atoms with E-state index in [1.165, 1.54) is 24.3 Å². The van der Waals surface area contributed by atoms with Crippen molar-refractivity contribution in [1.29, 1.82) is 0 Å². The Hall–Kier alpha value is -2.54. The highest BCUT2D eigenvalue weighted by molar-refractivity contribution is 5.81. The van der Waals surface area contributed by atoms with Crippen LogP contribution in [-0.2, 0) is 11.3 Å². The highest BCUT2D eigenvalue weighted by atomic mass is 19.3. The smallest absolute Gasteiger partial charge is 0.387 e. The standard InChI is InChI=1S/C20H23F3N2O2/c1-13(16-6-8-17(21)9-7-16)24-19(26)14(2)25(3)12-15-4-10-18(11-5-15)27-20(22)23/h4-11,13-14,20H,12H2,1-3H3,(H,24,26). The van der Waals surface area contributed by atoms with E-state index < -0.39 is 12.7 Å². The molecule has 0 bridgehead atoms. The molecule has 27 heavy (non-hydrogen) atoms. The van der Waals surface area contributed by atoms with Gasteiger partial charge in [-0.05, 0) is 56.3 Å². The minimum atomic E-state index is -2.86. The monoisotopic (exact) mass is 380 g/mol. The molecule has 0 aromatic heterocycles. The van der Waals surface area contributed by atoms with E-state index in [4.69, 9.17) is 0 Å². The lowest BCUT2D eigenvalue weighted by atomic mass is 10.1. The zero-order valence-corrected chi connectivity index (χ0v) is 15.5. The summed E-state index contributed by atoms with van der Waals surface area (Å²) >= 11 is 0. The lowest BCUT2D eigenvalue weighted by molar-refractivity contribution is -0.126. The normalized spacial score (nSPS) is 13.5. The predicted molar refractivity (Wildman–Crippen MR) is 97.0 cm³/mol. The Kier molecular flexibility index (Phi) is 7.24. The summed E-state index contributed by atoms with van der Waals surface area (Å²) in [6.07, 6.45) is 0. The number of carbonyl (C=O) groups excluding carboxylic acids is 1. The molecule has 1 N–H and O–H groups in total. The first-order valence-electron chi connectivity index (χ1n) is 8.56. The first-order chi connectivity index (χ1) is 12.8. The fourth-order valence-electron chi connectivity index (χ4n) is 2.57. The molecule has 1 amide bonds. The molecular formula is C20H23F3N2O2. The molecule has 0 spiro atoms. The van der Waals surface area contributed by atoms with Gasteiger partial charge in [-0.2, -0.15) is 8.78 Å². The van der Waals surface area contributed by atoms with Crippen molar-refractivity contribution in [2.75, 3.05) is 7.05 Å². The molecular weight excluding hydrogens is 357 g/mol. The topological polar surface area (TPSA) is 41.6 Å². The molecule has 2 aromatic rings. The molecule has 0 saturated heterocycles. The van der Waals surface area contributed by atoms with Crippen LogP contribution in [0.1, 0.15) is 31.0 Å². The van der Waals surface area contributed by atoms with Gasteiger partial charge in [-0.3, -0.25) is 9.69 Å². The van der Waals surface area contributed by atoms with Crippen molar-refractivity contribution < 1.29 is 22.7 Å². The maximum absolute atomic E-state index is 13.0. The maximum Gasteiger partial charge on any atom is 0.387 e. The molecule has 4 nitrogen and oxygen atoms in total. The van der Waals surface area contributed by atoms with Crippen molar-refractivity contribution >= 4 is 5.91 Å². The second-order valence-electron chi connectivity index (χ2n) is 6.40. The van der Waals surface area contributed by atoms with Crippen molar-refractivity contribution in [1.82, 2.24) is 10.2 Å². The zero-order valence-electron chi connectivity index (χ0n) is 15.5. The summed E-state index contributed by atoms with van der Waals surface area (Å²) in [5.41, 5.74) is 1.68. The summed E-state index contributed by atoms with van der Waals surface area (Å²) in [6.45, 7) is 1.22. The molecule has 0 aliphatic heterocycles. The fourth-order valence-corrected chi connectivity index (χ4v) is 2.57. The van der Waals surface area contributed by atoms with E-state index in [1.54, 1.807) is 38.2 Å². The van der Waals surface area contributed by atoms with Crippen molar-refractivity contribution in [3.05, 3.63) is 65.5 Å². The number of nitrogens with one attached hydrogen (secondary N) is 1. The van der Waals surface area contributed by atoms with Crippen molar-refractivity contribution in [3.63, 3.8) is 0 Å². The molecule has 0 aliphatic carbocycles. The first kappa shape index (κ1) is 20.8. The summed E-state index contributed by atoms with van der Waals surface area (Å²) in [5, 5.41) is 2.91. The molecule has 0 saturated carbocycles. The maximum atomic E-state index is 13.0. The van der Waals surface area contributed by atoms with Gasteiger partial charge in [-0.1, -0.05) is 24.3 Å². The number of hydrogen-bond acceptors (Lipinski definition) is 3. The molecule has 0 fully saturated rings. The number of hydrogen-bond donors (Lipinski definition) is 1. The second kappa shape index (κ2) is 9.41. The minimum Gasteiger partial charge on any atom is -0.435 e. The Morgan fingerprint density at radius 3 is 2.22 bits per heavy atom. The largest absolute Gasteiger partial charge is 0.435 e. The van der Waals surface area contributed by atoms with Crippen LogP contribution >= 0.6 is 0 Å². The number of halogens is 3. The van der Waals surface area contributed by atoms with Gasteiger partial charge in [0, 0.05) is 6.54 Å². The minimum absolute atomic E-state index is 0.0929. The second-order valence-corrected chi connectivity index (χ2v) is 6.40. The van der Waals surface area contributed by atoms with E-state index in [9.17, 15) is 18.0 Å². The van der Waals surface area contributed by atoms with Crippen LogP contribution < -0.4 is 10.1 Å². The van der Waals surface area contributed by atoms with Crippen LogP contribution in [0.25, 0.3) is 0 Å². The number of likely N-dealkylation sites (N-methyl/N-ethyl adjacent to an activating group) is 1. The molecule has 2 aromatic carbocycles. The van der Waals surface area contributed by atoms with Gasteiger partial charge in [0.25, 0.3) is 0 Å². The summed E-state index contributed by atoms with van der Waals surface area (Å²) < 4.78 is 41.7. The third kappa shape index (κ3) is 6.29. The molecule has 2 unspecified atom stereocenters. The Balaban J connectivity index is 1.90. The number of carbonyl (C=O) groups is 1. The first-order valence-corrected chi connectivity index (χ1v) is 8.56. The SMILES string of the molecule is CC(NC(=O)C(C)N(C)Cc1ccc(OC(F)F)cc1)c1ccc(F)cc1. The average Bonchev–Trinajstić information content (AvgIpc) is 2.62. The average molecular weight is 380 g/mol. The molecule has 2 atom stereocenters. The molecule has 0 heterocycles. The third-order valence-corrected chi connectivity index (χ3v) is 4.35. The van der Waals surface area contributed by atoms with Gasteiger partial charge in [0.05, 0.1) is 12.1 Å². The van der Waals surface area contributed by atoms with Crippen LogP contribution in [0.4, 0.5) is 13.2 Å². The van der Waals surface area contributed by atoms with Crippen LogP contribution in [0.2, 0.25) is 0 Å². The molecule has 0 aliphatic rings. The lowest BCUT2D eigenvalue weighted by Crippen LogP contribution is -2.43. The quantitative estimate of drug-likeness (QED) is 0.749. The van der Waals surface area contributed by atoms with Gasteiger partial charge in [-0.15, -0.1) is 0 Å². The van der Waals surface area contributed by atoms with Crippen LogP contribution in [0, 0.1) is 5.82 Å². The highest BCUT2D eigenvalue weighted by Gasteiger charge is 2.20. The fraction of sp³-hybridized carbons (Fsp3) is 0.350. The number of rotatable bonds is 8. The molecule has 2 rings (SSSR count). The van der Waals surface area contributed by atoms with Crippen LogP contribution in [0.5, 0.6) is 5.75 Å². The van der Waals surface area contributed by atoms with Crippen molar-refractivity contribution in [2.45, 2.75) is 39.1 Å². The number of amides is 1. The van der Waals surface area contributed by atoms with E-state index in [2.05, 4.69) is 10.1 Å². The summed E-state index contributed by atoms with van der Waals surface area (Å²) in [5.74, 6) is -0.391. The van der Waals surface area contributed by atoms with Crippen molar-refractivity contribution in [3.8, 4) is 5.75 Å². The Morgan fingerprint density at radius 1 is 1.07 bits per heavy atom. The van der Waals surface area contributed by atoms with Crippen LogP contribution in [0.3, 0.4) is 0 Å². The molecule has 7 heteroatoms. The Bertz CT molecular complexity index is 736. The lowest BCUT2D eigenvalue weighted by Gasteiger charge is -2.26. The van der Waals surface area contributed by atoms with E-state index in [0.29, 0.717) is 6.54 Å². The zero-order chi connectivity index (χ0) is 20.0. The van der Waals surface area contributed by atoms with E-state index >= 15 is 0 Å². The Morgan fingerprint density at radius 2 is 1.67 bits per heavy atom. The van der Waals surface area contributed by atoms with Gasteiger partial charge in [0.2, 0.25) is 5.91 Å². The van der Waals surface area contributed by atoms with Gasteiger partial charge in [0.1, 0.15) is 11.6 Å². The number of alkyl halides is 2.